The third kappa shape index (κ3) is 3.40. The van der Waals surface area contributed by atoms with Crippen LogP contribution in [0.25, 0.3) is 33.1 Å². The number of rotatable bonds is 5. The number of oxazole rings is 1. The summed E-state index contributed by atoms with van der Waals surface area (Å²) in [7, 11) is 1.66. The molecule has 0 spiro atoms. The van der Waals surface area contributed by atoms with Gasteiger partial charge in [-0.1, -0.05) is 19.0 Å². The van der Waals surface area contributed by atoms with Crippen LogP contribution in [0.2, 0.25) is 0 Å². The van der Waals surface area contributed by atoms with Gasteiger partial charge in [-0.25, -0.2) is 15.0 Å². The number of benzene rings is 1. The van der Waals surface area contributed by atoms with E-state index in [1.165, 1.54) is 0 Å². The molecule has 33 heavy (non-hydrogen) atoms. The van der Waals surface area contributed by atoms with E-state index in [2.05, 4.69) is 44.3 Å². The summed E-state index contributed by atoms with van der Waals surface area (Å²) < 4.78 is 17.0. The number of aryl methyl sites for hydroxylation is 4. The van der Waals surface area contributed by atoms with Crippen molar-refractivity contribution in [3.05, 3.63) is 41.0 Å². The third-order valence-corrected chi connectivity index (χ3v) is 5.72. The second-order valence-electron chi connectivity index (χ2n) is 8.49. The van der Waals surface area contributed by atoms with Gasteiger partial charge in [0.25, 0.3) is 0 Å². The van der Waals surface area contributed by atoms with Gasteiger partial charge in [0.2, 0.25) is 5.88 Å². The number of fused-ring (bicyclic) bond motifs is 3. The molecule has 1 aromatic carbocycles. The monoisotopic (exact) mass is 446 g/mol. The molecule has 170 valence electrons. The van der Waals surface area contributed by atoms with Crippen LogP contribution in [-0.4, -0.2) is 32.2 Å². The molecule has 0 fully saturated rings. The number of methoxy groups -OCH3 is 1. The minimum atomic E-state index is 0.198. The van der Waals surface area contributed by atoms with E-state index in [0.717, 1.165) is 50.2 Å². The predicted octanol–water partition coefficient (Wildman–Crippen LogP) is 5.86. The van der Waals surface area contributed by atoms with Gasteiger partial charge in [-0.2, -0.15) is 0 Å². The summed E-state index contributed by atoms with van der Waals surface area (Å²) in [5.74, 6) is 4.13. The average Bonchev–Trinajstić information content (AvgIpc) is 3.40. The minimum absolute atomic E-state index is 0.198. The van der Waals surface area contributed by atoms with Crippen LogP contribution in [0.3, 0.4) is 0 Å². The van der Waals surface area contributed by atoms with Gasteiger partial charge in [0, 0.05) is 29.3 Å². The molecule has 0 aliphatic carbocycles. The lowest BCUT2D eigenvalue weighted by atomic mass is 10.0. The zero-order valence-corrected chi connectivity index (χ0v) is 19.7. The third-order valence-electron chi connectivity index (χ3n) is 5.72. The second kappa shape index (κ2) is 7.61. The molecule has 0 radical (unpaired) electrons. The van der Waals surface area contributed by atoms with Crippen molar-refractivity contribution in [2.75, 3.05) is 12.4 Å². The molecule has 0 saturated heterocycles. The van der Waals surface area contributed by atoms with Gasteiger partial charge in [0.15, 0.2) is 5.89 Å². The molecule has 0 bridgehead atoms. The SMILES string of the molecule is COc1cc2c(cc1-c1c(C)noc1C)[nH]c1nc(C)nc(Nc3oc(C)nc3C(C)C)c12. The highest BCUT2D eigenvalue weighted by atomic mass is 16.5. The van der Waals surface area contributed by atoms with E-state index in [9.17, 15) is 0 Å². The largest absolute Gasteiger partial charge is 0.496 e. The van der Waals surface area contributed by atoms with E-state index < -0.39 is 0 Å². The van der Waals surface area contributed by atoms with Crippen molar-refractivity contribution in [3.8, 4) is 16.9 Å². The molecular weight excluding hydrogens is 420 g/mol. The number of nitrogens with one attached hydrogen (secondary N) is 2. The molecule has 9 heteroatoms. The van der Waals surface area contributed by atoms with E-state index in [-0.39, 0.29) is 5.92 Å². The van der Waals surface area contributed by atoms with Crippen molar-refractivity contribution in [1.82, 2.24) is 25.1 Å². The van der Waals surface area contributed by atoms with E-state index in [1.54, 1.807) is 7.11 Å². The predicted molar refractivity (Wildman–Crippen MR) is 126 cm³/mol. The Labute approximate surface area is 190 Å². The fourth-order valence-corrected chi connectivity index (χ4v) is 4.29. The molecule has 0 aliphatic heterocycles. The highest BCUT2D eigenvalue weighted by molar-refractivity contribution is 6.13. The summed E-state index contributed by atoms with van der Waals surface area (Å²) in [6.07, 6.45) is 0. The number of aromatic amines is 1. The first-order valence-electron chi connectivity index (χ1n) is 10.8. The molecule has 2 N–H and O–H groups in total. The Hall–Kier alpha value is -3.88. The van der Waals surface area contributed by atoms with Crippen molar-refractivity contribution < 1.29 is 13.7 Å². The lowest BCUT2D eigenvalue weighted by molar-refractivity contribution is 0.393. The van der Waals surface area contributed by atoms with Crippen molar-refractivity contribution in [1.29, 1.82) is 0 Å². The number of ether oxygens (including phenoxy) is 1. The van der Waals surface area contributed by atoms with Gasteiger partial charge in [-0.15, -0.1) is 0 Å². The van der Waals surface area contributed by atoms with Crippen LogP contribution in [0.5, 0.6) is 5.75 Å². The zero-order chi connectivity index (χ0) is 23.4. The highest BCUT2D eigenvalue weighted by Gasteiger charge is 2.22. The lowest BCUT2D eigenvalue weighted by Crippen LogP contribution is -2.01. The Morgan fingerprint density at radius 1 is 1.06 bits per heavy atom. The highest BCUT2D eigenvalue weighted by Crippen LogP contribution is 2.41. The molecule has 0 saturated carbocycles. The number of H-pyrrole nitrogens is 1. The Kier molecular flexibility index (Phi) is 4.84. The first-order chi connectivity index (χ1) is 15.8. The Morgan fingerprint density at radius 2 is 1.85 bits per heavy atom. The summed E-state index contributed by atoms with van der Waals surface area (Å²) in [6, 6.07) is 4.04. The summed E-state index contributed by atoms with van der Waals surface area (Å²) in [4.78, 5) is 17.3. The molecule has 0 aliphatic rings. The van der Waals surface area contributed by atoms with Crippen LogP contribution in [-0.2, 0) is 0 Å². The van der Waals surface area contributed by atoms with E-state index in [4.69, 9.17) is 13.7 Å². The molecule has 0 unspecified atom stereocenters. The summed E-state index contributed by atoms with van der Waals surface area (Å²) >= 11 is 0. The topological polar surface area (TPSA) is 115 Å². The molecule has 0 amide bonds. The summed E-state index contributed by atoms with van der Waals surface area (Å²) in [5, 5.41) is 9.25. The van der Waals surface area contributed by atoms with Gasteiger partial charge in [0.05, 0.1) is 23.8 Å². The normalized spacial score (nSPS) is 11.8. The standard InChI is InChI=1S/C24H26N6O3/c1-10(2)21-24(32-14(6)27-21)29-23-20-15-9-18(31-7)16(19-11(3)30-33-12(19)4)8-17(15)28-22(20)25-13(5)26-23/h8-10H,1-7H3,(H2,25,26,28,29). The Morgan fingerprint density at radius 3 is 2.52 bits per heavy atom. The Bertz CT molecular complexity index is 1490. The quantitative estimate of drug-likeness (QED) is 0.345. The summed E-state index contributed by atoms with van der Waals surface area (Å²) in [6.45, 7) is 11.7. The average molecular weight is 447 g/mol. The van der Waals surface area contributed by atoms with Crippen molar-refractivity contribution in [2.24, 2.45) is 0 Å². The maximum atomic E-state index is 5.86. The number of aromatic nitrogens is 5. The van der Waals surface area contributed by atoms with Crippen molar-refractivity contribution >= 4 is 33.6 Å². The number of anilines is 2. The van der Waals surface area contributed by atoms with Crippen LogP contribution in [0.1, 0.15) is 48.6 Å². The van der Waals surface area contributed by atoms with Crippen molar-refractivity contribution in [2.45, 2.75) is 47.5 Å². The summed E-state index contributed by atoms with van der Waals surface area (Å²) in [5.41, 5.74) is 5.12. The zero-order valence-electron chi connectivity index (χ0n) is 19.7. The molecule has 5 rings (SSSR count). The van der Waals surface area contributed by atoms with Crippen molar-refractivity contribution in [3.63, 3.8) is 0 Å². The van der Waals surface area contributed by atoms with Crippen LogP contribution in [0.4, 0.5) is 11.7 Å². The molecular formula is C24H26N6O3. The fourth-order valence-electron chi connectivity index (χ4n) is 4.29. The molecule has 5 aromatic rings. The number of nitrogens with zero attached hydrogens (tertiary/aromatic N) is 4. The maximum Gasteiger partial charge on any atom is 0.222 e. The van der Waals surface area contributed by atoms with Gasteiger partial charge in [-0.05, 0) is 32.9 Å². The van der Waals surface area contributed by atoms with E-state index in [0.29, 0.717) is 29.2 Å². The van der Waals surface area contributed by atoms with Crippen LogP contribution < -0.4 is 10.1 Å². The van der Waals surface area contributed by atoms with Crippen LogP contribution in [0.15, 0.2) is 21.1 Å². The van der Waals surface area contributed by atoms with E-state index in [1.807, 2.05) is 39.8 Å². The minimum Gasteiger partial charge on any atom is -0.496 e. The molecule has 0 atom stereocenters. The maximum absolute atomic E-state index is 5.86. The number of hydrogen-bond donors (Lipinski definition) is 2. The fraction of sp³-hybridized carbons (Fsp3) is 0.333. The van der Waals surface area contributed by atoms with Gasteiger partial charge in [-0.3, -0.25) is 0 Å². The first-order valence-corrected chi connectivity index (χ1v) is 10.8. The molecule has 4 aromatic heterocycles. The van der Waals surface area contributed by atoms with Crippen LogP contribution >= 0.6 is 0 Å². The van der Waals surface area contributed by atoms with Gasteiger partial charge >= 0.3 is 0 Å². The van der Waals surface area contributed by atoms with Crippen LogP contribution in [0, 0.1) is 27.7 Å². The van der Waals surface area contributed by atoms with Gasteiger partial charge in [0.1, 0.15) is 34.5 Å². The second-order valence-corrected chi connectivity index (χ2v) is 8.49. The number of hydrogen-bond acceptors (Lipinski definition) is 8. The Balaban J connectivity index is 1.75. The van der Waals surface area contributed by atoms with E-state index >= 15 is 0 Å². The lowest BCUT2D eigenvalue weighted by Gasteiger charge is -2.10. The first kappa shape index (κ1) is 21.0. The van der Waals surface area contributed by atoms with Gasteiger partial charge < -0.3 is 24.0 Å². The molecule has 9 nitrogen and oxygen atoms in total. The molecule has 4 heterocycles. The smallest absolute Gasteiger partial charge is 0.222 e.